The Morgan fingerprint density at radius 3 is 2.71 bits per heavy atom. The van der Waals surface area contributed by atoms with E-state index in [1.165, 1.54) is 6.92 Å². The maximum absolute atomic E-state index is 11.1. The van der Waals surface area contributed by atoms with Gasteiger partial charge in [-0.25, -0.2) is 0 Å². The van der Waals surface area contributed by atoms with Crippen molar-refractivity contribution in [2.45, 2.75) is 25.8 Å². The van der Waals surface area contributed by atoms with Crippen LogP contribution in [0.15, 0.2) is 28.7 Å². The van der Waals surface area contributed by atoms with Gasteiger partial charge >= 0.3 is 5.97 Å². The second kappa shape index (κ2) is 6.39. The number of carboxylic acids is 1. The van der Waals surface area contributed by atoms with E-state index in [0.717, 1.165) is 10.0 Å². The van der Waals surface area contributed by atoms with Gasteiger partial charge in [0.2, 0.25) is 5.91 Å². The molecule has 0 aliphatic rings. The lowest BCUT2D eigenvalue weighted by Crippen LogP contribution is -2.26. The molecule has 92 valence electrons. The zero-order valence-electron chi connectivity index (χ0n) is 9.44. The van der Waals surface area contributed by atoms with Crippen molar-refractivity contribution >= 4 is 27.8 Å². The molecule has 0 saturated heterocycles. The summed E-state index contributed by atoms with van der Waals surface area (Å²) in [6.07, 6.45) is 0.406. The number of carboxylic acid groups (broad SMARTS) is 1. The van der Waals surface area contributed by atoms with Crippen molar-refractivity contribution in [3.63, 3.8) is 0 Å². The molecule has 17 heavy (non-hydrogen) atoms. The number of nitrogens with one attached hydrogen (secondary N) is 1. The summed E-state index contributed by atoms with van der Waals surface area (Å²) in [6, 6.07) is 7.22. The summed E-state index contributed by atoms with van der Waals surface area (Å²) in [5.74, 6) is -1.03. The Balaban J connectivity index is 2.81. The summed E-state index contributed by atoms with van der Waals surface area (Å²) in [4.78, 5) is 21.7. The van der Waals surface area contributed by atoms with Gasteiger partial charge in [-0.2, -0.15) is 0 Å². The summed E-state index contributed by atoms with van der Waals surface area (Å²) >= 11 is 3.35. The Bertz CT molecular complexity index is 420. The fourth-order valence-corrected chi connectivity index (χ4v) is 1.98. The van der Waals surface area contributed by atoms with Crippen LogP contribution in [0.2, 0.25) is 0 Å². The van der Waals surface area contributed by atoms with Crippen LogP contribution in [0, 0.1) is 0 Å². The number of hydrogen-bond acceptors (Lipinski definition) is 2. The van der Waals surface area contributed by atoms with Gasteiger partial charge in [0, 0.05) is 17.8 Å². The smallest absolute Gasteiger partial charge is 0.303 e. The van der Waals surface area contributed by atoms with Gasteiger partial charge in [-0.05, 0) is 24.1 Å². The van der Waals surface area contributed by atoms with Crippen LogP contribution in [0.1, 0.15) is 31.4 Å². The van der Waals surface area contributed by atoms with E-state index >= 15 is 0 Å². The lowest BCUT2D eigenvalue weighted by molar-refractivity contribution is -0.137. The Hall–Kier alpha value is -1.36. The molecule has 4 nitrogen and oxygen atoms in total. The van der Waals surface area contributed by atoms with Crippen LogP contribution in [-0.4, -0.2) is 17.0 Å². The van der Waals surface area contributed by atoms with Crippen molar-refractivity contribution in [3.05, 3.63) is 34.3 Å². The topological polar surface area (TPSA) is 66.4 Å². The average molecular weight is 300 g/mol. The molecular weight excluding hydrogens is 286 g/mol. The summed E-state index contributed by atoms with van der Waals surface area (Å²) < 4.78 is 0.903. The molecule has 1 aromatic carbocycles. The molecule has 2 N–H and O–H groups in total. The summed E-state index contributed by atoms with van der Waals surface area (Å²) in [5.41, 5.74) is 0.899. The van der Waals surface area contributed by atoms with E-state index in [9.17, 15) is 9.59 Å². The molecule has 1 amide bonds. The van der Waals surface area contributed by atoms with Crippen molar-refractivity contribution in [2.24, 2.45) is 0 Å². The third-order valence-electron chi connectivity index (χ3n) is 2.28. The fourth-order valence-electron chi connectivity index (χ4n) is 1.56. The number of carbonyl (C=O) groups is 2. The van der Waals surface area contributed by atoms with Crippen LogP contribution >= 0.6 is 15.9 Å². The highest BCUT2D eigenvalue weighted by Crippen LogP contribution is 2.22. The van der Waals surface area contributed by atoms with E-state index in [-0.39, 0.29) is 18.4 Å². The second-order valence-corrected chi connectivity index (χ2v) is 4.66. The lowest BCUT2D eigenvalue weighted by atomic mass is 10.0. The van der Waals surface area contributed by atoms with Crippen molar-refractivity contribution in [1.82, 2.24) is 5.32 Å². The van der Waals surface area contributed by atoms with Crippen LogP contribution in [0.25, 0.3) is 0 Å². The number of amides is 1. The van der Waals surface area contributed by atoms with Gasteiger partial charge in [-0.1, -0.05) is 28.1 Å². The number of halogens is 1. The minimum atomic E-state index is -0.865. The third-order valence-corrected chi connectivity index (χ3v) is 2.77. The van der Waals surface area contributed by atoms with E-state index in [2.05, 4.69) is 21.2 Å². The third kappa shape index (κ3) is 4.99. The maximum Gasteiger partial charge on any atom is 0.303 e. The van der Waals surface area contributed by atoms with Gasteiger partial charge in [0.25, 0.3) is 0 Å². The first kappa shape index (κ1) is 13.7. The molecule has 0 aliphatic carbocycles. The molecule has 0 radical (unpaired) electrons. The molecule has 1 rings (SSSR count). The summed E-state index contributed by atoms with van der Waals surface area (Å²) in [5, 5.41) is 11.4. The largest absolute Gasteiger partial charge is 0.481 e. The number of hydrogen-bond donors (Lipinski definition) is 2. The van der Waals surface area contributed by atoms with E-state index in [0.29, 0.717) is 6.42 Å². The van der Waals surface area contributed by atoms with Crippen LogP contribution in [0.4, 0.5) is 0 Å². The lowest BCUT2D eigenvalue weighted by Gasteiger charge is -2.17. The minimum absolute atomic E-state index is 0.0253. The first-order valence-electron chi connectivity index (χ1n) is 5.23. The molecule has 5 heteroatoms. The molecule has 0 bridgehead atoms. The normalized spacial score (nSPS) is 11.9. The summed E-state index contributed by atoms with van der Waals surface area (Å²) in [6.45, 7) is 1.42. The molecular formula is C12H14BrNO3. The van der Waals surface area contributed by atoms with E-state index in [1.807, 2.05) is 24.3 Å². The van der Waals surface area contributed by atoms with E-state index in [4.69, 9.17) is 5.11 Å². The van der Waals surface area contributed by atoms with Crippen LogP contribution in [-0.2, 0) is 9.59 Å². The zero-order valence-corrected chi connectivity index (χ0v) is 11.0. The fraction of sp³-hybridized carbons (Fsp3) is 0.333. The molecule has 0 fully saturated rings. The minimum Gasteiger partial charge on any atom is -0.481 e. The van der Waals surface area contributed by atoms with E-state index in [1.54, 1.807) is 0 Å². The van der Waals surface area contributed by atoms with Crippen molar-refractivity contribution in [2.75, 3.05) is 0 Å². The number of benzene rings is 1. The Morgan fingerprint density at radius 1 is 1.47 bits per heavy atom. The Kier molecular flexibility index (Phi) is 5.15. The van der Waals surface area contributed by atoms with Gasteiger partial charge in [0.05, 0.1) is 6.04 Å². The first-order chi connectivity index (χ1) is 7.99. The van der Waals surface area contributed by atoms with Crippen molar-refractivity contribution in [3.8, 4) is 0 Å². The highest BCUT2D eigenvalue weighted by atomic mass is 79.9. The standard InChI is InChI=1S/C12H14BrNO3/c1-8(15)14-11(5-6-12(16)17)9-3-2-4-10(13)7-9/h2-4,7,11H,5-6H2,1H3,(H,14,15)(H,16,17). The molecule has 0 saturated carbocycles. The predicted octanol–water partition coefficient (Wildman–Crippen LogP) is 2.49. The summed E-state index contributed by atoms with van der Waals surface area (Å²) in [7, 11) is 0. The van der Waals surface area contributed by atoms with Gasteiger partial charge in [0.1, 0.15) is 0 Å². The van der Waals surface area contributed by atoms with Crippen LogP contribution < -0.4 is 5.32 Å². The van der Waals surface area contributed by atoms with Crippen molar-refractivity contribution in [1.29, 1.82) is 0 Å². The number of carbonyl (C=O) groups excluding carboxylic acids is 1. The first-order valence-corrected chi connectivity index (χ1v) is 6.02. The van der Waals surface area contributed by atoms with E-state index < -0.39 is 5.97 Å². The maximum atomic E-state index is 11.1. The SMILES string of the molecule is CC(=O)NC(CCC(=O)O)c1cccc(Br)c1. The molecule has 0 aliphatic heterocycles. The van der Waals surface area contributed by atoms with Gasteiger partial charge in [-0.15, -0.1) is 0 Å². The number of aliphatic carboxylic acids is 1. The Morgan fingerprint density at radius 2 is 2.18 bits per heavy atom. The zero-order chi connectivity index (χ0) is 12.8. The number of rotatable bonds is 5. The van der Waals surface area contributed by atoms with Crippen molar-refractivity contribution < 1.29 is 14.7 Å². The second-order valence-electron chi connectivity index (χ2n) is 3.74. The van der Waals surface area contributed by atoms with Gasteiger partial charge in [-0.3, -0.25) is 9.59 Å². The van der Waals surface area contributed by atoms with Crippen LogP contribution in [0.5, 0.6) is 0 Å². The highest BCUT2D eigenvalue weighted by Gasteiger charge is 2.14. The monoisotopic (exact) mass is 299 g/mol. The average Bonchev–Trinajstić information content (AvgIpc) is 2.23. The predicted molar refractivity (Wildman–Crippen MR) is 67.6 cm³/mol. The molecule has 0 aromatic heterocycles. The van der Waals surface area contributed by atoms with Crippen LogP contribution in [0.3, 0.4) is 0 Å². The molecule has 1 aromatic rings. The molecule has 0 spiro atoms. The molecule has 1 unspecified atom stereocenters. The molecule has 1 atom stereocenters. The van der Waals surface area contributed by atoms with Gasteiger partial charge in [0.15, 0.2) is 0 Å². The molecule has 0 heterocycles. The quantitative estimate of drug-likeness (QED) is 0.878. The Labute approximate surface area is 108 Å². The highest BCUT2D eigenvalue weighted by molar-refractivity contribution is 9.10. The van der Waals surface area contributed by atoms with Gasteiger partial charge < -0.3 is 10.4 Å².